The number of pyridine rings is 1. The van der Waals surface area contributed by atoms with Crippen LogP contribution >= 0.6 is 0 Å². The molecule has 230 valence electrons. The molecule has 0 radical (unpaired) electrons. The maximum absolute atomic E-state index is 13.6. The van der Waals surface area contributed by atoms with E-state index in [1.165, 1.54) is 12.3 Å². The number of anilines is 3. The summed E-state index contributed by atoms with van der Waals surface area (Å²) in [4.78, 5) is 23.9. The van der Waals surface area contributed by atoms with Gasteiger partial charge in [-0.1, -0.05) is 12.1 Å². The van der Waals surface area contributed by atoms with Gasteiger partial charge in [0.15, 0.2) is 5.82 Å². The van der Waals surface area contributed by atoms with Crippen molar-refractivity contribution in [3.05, 3.63) is 70.8 Å². The number of halogens is 6. The predicted molar refractivity (Wildman–Crippen MR) is 144 cm³/mol. The summed E-state index contributed by atoms with van der Waals surface area (Å²) in [6.07, 6.45) is -7.32. The number of methoxy groups -OCH3 is 1. The topological polar surface area (TPSA) is 124 Å². The molecule has 4 rings (SSSR count). The van der Waals surface area contributed by atoms with Gasteiger partial charge in [0.1, 0.15) is 18.2 Å². The molecule has 0 unspecified atom stereocenters. The molecular weight excluding hydrogens is 582 g/mol. The van der Waals surface area contributed by atoms with Crippen LogP contribution in [-0.4, -0.2) is 52.4 Å². The lowest BCUT2D eigenvalue weighted by atomic mass is 9.86. The van der Waals surface area contributed by atoms with Gasteiger partial charge in [-0.25, -0.2) is 19.7 Å². The number of hydrogen-bond acceptors (Lipinski definition) is 8. The number of carbonyl (C=O) groups is 1. The molecule has 9 nitrogen and oxygen atoms in total. The third-order valence-corrected chi connectivity index (χ3v) is 6.45. The maximum Gasteiger partial charge on any atom is 0.490 e. The average molecular weight is 611 g/mol. The maximum atomic E-state index is 13.6. The fourth-order valence-electron chi connectivity index (χ4n) is 4.20. The molecule has 43 heavy (non-hydrogen) atoms. The van der Waals surface area contributed by atoms with Crippen molar-refractivity contribution >= 4 is 23.3 Å². The van der Waals surface area contributed by atoms with Crippen LogP contribution in [0.15, 0.2) is 42.6 Å². The number of carboxylic acids is 1. The highest BCUT2D eigenvalue weighted by molar-refractivity contribution is 5.73. The lowest BCUT2D eigenvalue weighted by Crippen LogP contribution is -2.29. The fourth-order valence-corrected chi connectivity index (χ4v) is 4.20. The van der Waals surface area contributed by atoms with E-state index < -0.39 is 29.3 Å². The second-order valence-electron chi connectivity index (χ2n) is 9.95. The number of nitrogens with zero attached hydrogens (tertiary/aromatic N) is 5. The largest absolute Gasteiger partial charge is 0.490 e. The third kappa shape index (κ3) is 8.54. The summed E-state index contributed by atoms with van der Waals surface area (Å²) in [5.41, 5.74) is 1.93. The highest BCUT2D eigenvalue weighted by Crippen LogP contribution is 2.36. The summed E-state index contributed by atoms with van der Waals surface area (Å²) in [6, 6.07) is 12.2. The Kier molecular flexibility index (Phi) is 10.2. The summed E-state index contributed by atoms with van der Waals surface area (Å²) >= 11 is 0. The summed E-state index contributed by atoms with van der Waals surface area (Å²) < 4.78 is 77.8. The second kappa shape index (κ2) is 13.2. The van der Waals surface area contributed by atoms with Crippen molar-refractivity contribution in [3.63, 3.8) is 0 Å². The average Bonchev–Trinajstić information content (AvgIpc) is 3.16. The Labute approximate surface area is 243 Å². The number of nitrogens with one attached hydrogen (secondary N) is 1. The number of benzene rings is 1. The summed E-state index contributed by atoms with van der Waals surface area (Å²) in [7, 11) is 1.55. The zero-order valence-corrected chi connectivity index (χ0v) is 23.3. The predicted octanol–water partition coefficient (Wildman–Crippen LogP) is 5.82. The molecule has 0 fully saturated rings. The molecule has 0 bridgehead atoms. The van der Waals surface area contributed by atoms with Crippen LogP contribution in [0.5, 0.6) is 0 Å². The molecule has 2 N–H and O–H groups in total. The van der Waals surface area contributed by atoms with Gasteiger partial charge in [-0.15, -0.1) is 0 Å². The van der Waals surface area contributed by atoms with E-state index in [2.05, 4.69) is 26.3 Å². The molecular formula is C28H28F6N6O3. The van der Waals surface area contributed by atoms with Crippen molar-refractivity contribution < 1.29 is 41.0 Å². The molecule has 1 aromatic carbocycles. The highest BCUT2D eigenvalue weighted by Gasteiger charge is 2.38. The second-order valence-corrected chi connectivity index (χ2v) is 9.95. The van der Waals surface area contributed by atoms with Crippen LogP contribution in [0.25, 0.3) is 0 Å². The smallest absolute Gasteiger partial charge is 0.475 e. The van der Waals surface area contributed by atoms with Gasteiger partial charge in [0.05, 0.1) is 22.7 Å². The molecule has 1 aliphatic rings. The first-order valence-electron chi connectivity index (χ1n) is 12.8. The number of aromatic nitrogens is 3. The monoisotopic (exact) mass is 610 g/mol. The summed E-state index contributed by atoms with van der Waals surface area (Å²) in [5.74, 6) is -1.75. The molecule has 0 aliphatic carbocycles. The van der Waals surface area contributed by atoms with E-state index in [0.29, 0.717) is 37.6 Å². The molecule has 15 heteroatoms. The Balaban J connectivity index is 0.000000646. The minimum Gasteiger partial charge on any atom is -0.475 e. The number of rotatable bonds is 6. The number of nitriles is 1. The van der Waals surface area contributed by atoms with Crippen molar-refractivity contribution in [3.8, 4) is 6.07 Å². The number of aliphatic carboxylic acids is 1. The first kappa shape index (κ1) is 33.1. The van der Waals surface area contributed by atoms with Crippen LogP contribution in [0.4, 0.5) is 43.7 Å². The van der Waals surface area contributed by atoms with E-state index in [1.807, 2.05) is 38.1 Å². The van der Waals surface area contributed by atoms with Gasteiger partial charge in [-0.3, -0.25) is 0 Å². The van der Waals surface area contributed by atoms with E-state index in [1.54, 1.807) is 12.0 Å². The Hall–Kier alpha value is -4.45. The van der Waals surface area contributed by atoms with Crippen LogP contribution < -0.4 is 10.2 Å². The van der Waals surface area contributed by atoms with E-state index in [-0.39, 0.29) is 12.4 Å². The molecule has 3 aromatic rings. The third-order valence-electron chi connectivity index (χ3n) is 6.45. The number of ether oxygens (including phenoxy) is 1. The number of alkyl halides is 6. The summed E-state index contributed by atoms with van der Waals surface area (Å²) in [6.45, 7) is 4.60. The van der Waals surface area contributed by atoms with Gasteiger partial charge >= 0.3 is 18.3 Å². The molecule has 0 spiro atoms. The molecule has 0 atom stereocenters. The van der Waals surface area contributed by atoms with Crippen LogP contribution in [-0.2, 0) is 40.6 Å². The zero-order chi connectivity index (χ0) is 32.0. The van der Waals surface area contributed by atoms with Crippen molar-refractivity contribution in [2.24, 2.45) is 0 Å². The van der Waals surface area contributed by atoms with Gasteiger partial charge in [0.2, 0.25) is 0 Å². The van der Waals surface area contributed by atoms with Gasteiger partial charge in [0, 0.05) is 44.1 Å². The van der Waals surface area contributed by atoms with Crippen molar-refractivity contribution in [2.75, 3.05) is 30.4 Å². The highest BCUT2D eigenvalue weighted by atomic mass is 19.4. The first-order valence-corrected chi connectivity index (χ1v) is 12.8. The summed E-state index contributed by atoms with van der Waals surface area (Å²) in [5, 5.41) is 19.9. The number of hydrogen-bond donors (Lipinski definition) is 2. The lowest BCUT2D eigenvalue weighted by molar-refractivity contribution is -0.192. The molecule has 0 saturated heterocycles. The van der Waals surface area contributed by atoms with Gasteiger partial charge in [0.25, 0.3) is 0 Å². The molecule has 3 heterocycles. The molecule has 0 saturated carbocycles. The van der Waals surface area contributed by atoms with Crippen molar-refractivity contribution in [1.82, 2.24) is 15.0 Å². The Morgan fingerprint density at radius 2 is 1.70 bits per heavy atom. The number of fused-ring (bicyclic) bond motifs is 1. The molecule has 1 aliphatic heterocycles. The number of carboxylic acid groups (broad SMARTS) is 1. The van der Waals surface area contributed by atoms with Gasteiger partial charge < -0.3 is 20.1 Å². The zero-order valence-electron chi connectivity index (χ0n) is 23.3. The Bertz CT molecular complexity index is 1470. The normalized spacial score (nSPS) is 13.6. The van der Waals surface area contributed by atoms with Crippen molar-refractivity contribution in [2.45, 2.75) is 51.1 Å². The Morgan fingerprint density at radius 1 is 1.07 bits per heavy atom. The van der Waals surface area contributed by atoms with Crippen molar-refractivity contribution in [1.29, 1.82) is 5.26 Å². The van der Waals surface area contributed by atoms with E-state index >= 15 is 0 Å². The Morgan fingerprint density at radius 3 is 2.26 bits per heavy atom. The van der Waals surface area contributed by atoms with E-state index in [0.717, 1.165) is 28.6 Å². The standard InChI is InChI=1S/C26H27F3N6O.C2HF3O2/c1-25(2,16-30)17-6-8-18(9-7-17)32-23-19-10-13-35(14-11-21(19)33-22(34-23)15-36-3)24-20(26(27,28)29)5-4-12-31-24;3-2(4,5)1(6)7/h4-9,12H,10-11,13-15H2,1-3H3,(H,32,33,34);(H,6,7). The van der Waals surface area contributed by atoms with E-state index in [9.17, 15) is 31.6 Å². The SMILES string of the molecule is COCc1nc2c(c(Nc3ccc(C(C)(C)C#N)cc3)n1)CCN(c1ncccc1C(F)(F)F)CC2.O=C(O)C(F)(F)F. The minimum absolute atomic E-state index is 0.0758. The van der Waals surface area contributed by atoms with Crippen LogP contribution in [0.3, 0.4) is 0 Å². The van der Waals surface area contributed by atoms with Crippen LogP contribution in [0.2, 0.25) is 0 Å². The fraction of sp³-hybridized carbons (Fsp3) is 0.393. The van der Waals surface area contributed by atoms with Crippen LogP contribution in [0, 0.1) is 11.3 Å². The first-order chi connectivity index (χ1) is 20.1. The molecule has 2 aromatic heterocycles. The van der Waals surface area contributed by atoms with Crippen LogP contribution in [0.1, 0.15) is 42.1 Å². The lowest BCUT2D eigenvalue weighted by Gasteiger charge is -2.24. The van der Waals surface area contributed by atoms with Gasteiger partial charge in [-0.2, -0.15) is 31.6 Å². The quantitative estimate of drug-likeness (QED) is 0.332. The van der Waals surface area contributed by atoms with Gasteiger partial charge in [-0.05, 0) is 50.1 Å². The molecule has 0 amide bonds. The van der Waals surface area contributed by atoms with E-state index in [4.69, 9.17) is 14.6 Å². The minimum atomic E-state index is -5.08.